The predicted molar refractivity (Wildman–Crippen MR) is 96.2 cm³/mol. The summed E-state index contributed by atoms with van der Waals surface area (Å²) < 4.78 is 2.11. The van der Waals surface area contributed by atoms with Crippen LogP contribution >= 0.6 is 23.1 Å². The van der Waals surface area contributed by atoms with E-state index >= 15 is 0 Å². The summed E-state index contributed by atoms with van der Waals surface area (Å²) in [6, 6.07) is 11.9. The number of rotatable bonds is 6. The van der Waals surface area contributed by atoms with Gasteiger partial charge in [-0.25, -0.2) is 10.4 Å². The van der Waals surface area contributed by atoms with Crippen LogP contribution in [0.5, 0.6) is 0 Å². The molecule has 2 heterocycles. The number of hydrogen-bond acceptors (Lipinski definition) is 5. The largest absolute Gasteiger partial charge is 0.319 e. The molecule has 3 aromatic rings. The van der Waals surface area contributed by atoms with Gasteiger partial charge in [0.2, 0.25) is 0 Å². The molecule has 1 N–H and O–H groups in total. The Morgan fingerprint density at radius 1 is 1.39 bits per heavy atom. The summed E-state index contributed by atoms with van der Waals surface area (Å²) in [6.45, 7) is 2.89. The molecule has 0 fully saturated rings. The number of benzene rings is 1. The fourth-order valence-corrected chi connectivity index (χ4v) is 3.62. The van der Waals surface area contributed by atoms with Gasteiger partial charge in [0, 0.05) is 11.4 Å². The Morgan fingerprint density at radius 3 is 3.04 bits per heavy atom. The molecule has 0 atom stereocenters. The summed E-state index contributed by atoms with van der Waals surface area (Å²) in [5.74, 6) is 0.142. The van der Waals surface area contributed by atoms with Crippen molar-refractivity contribution in [3.05, 3.63) is 46.7 Å². The Balaban J connectivity index is 1.60. The van der Waals surface area contributed by atoms with E-state index in [0.717, 1.165) is 27.6 Å². The van der Waals surface area contributed by atoms with Crippen molar-refractivity contribution in [2.24, 2.45) is 5.10 Å². The van der Waals surface area contributed by atoms with E-state index in [0.29, 0.717) is 0 Å². The number of hydrogen-bond donors (Lipinski definition) is 1. The van der Waals surface area contributed by atoms with E-state index in [1.165, 1.54) is 11.8 Å². The molecule has 2 aromatic heterocycles. The minimum atomic E-state index is -0.141. The average Bonchev–Trinajstić information content (AvgIpc) is 3.19. The number of thiophene rings is 1. The van der Waals surface area contributed by atoms with Gasteiger partial charge in [0.1, 0.15) is 0 Å². The maximum absolute atomic E-state index is 11.9. The van der Waals surface area contributed by atoms with Gasteiger partial charge < -0.3 is 4.57 Å². The van der Waals surface area contributed by atoms with Gasteiger partial charge in [0.05, 0.1) is 23.0 Å². The quantitative estimate of drug-likeness (QED) is 0.424. The molecule has 0 spiro atoms. The number of carbonyl (C=O) groups is 1. The lowest BCUT2D eigenvalue weighted by Crippen LogP contribution is -2.19. The van der Waals surface area contributed by atoms with Crippen LogP contribution < -0.4 is 5.43 Å². The third-order valence-corrected chi connectivity index (χ3v) is 4.98. The number of nitrogens with zero attached hydrogens (tertiary/aromatic N) is 3. The Labute approximate surface area is 142 Å². The second-order valence-corrected chi connectivity index (χ2v) is 6.65. The van der Waals surface area contributed by atoms with Gasteiger partial charge >= 0.3 is 0 Å². The van der Waals surface area contributed by atoms with Gasteiger partial charge in [0.15, 0.2) is 5.16 Å². The van der Waals surface area contributed by atoms with Gasteiger partial charge in [-0.15, -0.1) is 11.3 Å². The van der Waals surface area contributed by atoms with Crippen LogP contribution in [0.3, 0.4) is 0 Å². The van der Waals surface area contributed by atoms with Crippen LogP contribution in [0.2, 0.25) is 0 Å². The summed E-state index contributed by atoms with van der Waals surface area (Å²) in [5.41, 5.74) is 4.58. The zero-order chi connectivity index (χ0) is 16.1. The lowest BCUT2D eigenvalue weighted by molar-refractivity contribution is -0.118. The van der Waals surface area contributed by atoms with Gasteiger partial charge in [-0.3, -0.25) is 4.79 Å². The number of fused-ring (bicyclic) bond motifs is 1. The van der Waals surface area contributed by atoms with E-state index in [1.54, 1.807) is 17.6 Å². The molecule has 23 heavy (non-hydrogen) atoms. The smallest absolute Gasteiger partial charge is 0.250 e. The lowest BCUT2D eigenvalue weighted by atomic mass is 10.3. The average molecular weight is 344 g/mol. The first-order chi connectivity index (χ1) is 11.3. The molecule has 1 aromatic carbocycles. The van der Waals surface area contributed by atoms with Crippen LogP contribution in [0.4, 0.5) is 0 Å². The number of aromatic nitrogens is 2. The van der Waals surface area contributed by atoms with E-state index in [9.17, 15) is 4.79 Å². The van der Waals surface area contributed by atoms with E-state index < -0.39 is 0 Å². The zero-order valence-electron chi connectivity index (χ0n) is 12.6. The fraction of sp³-hybridized carbons (Fsp3) is 0.188. The van der Waals surface area contributed by atoms with Crippen LogP contribution in [-0.4, -0.2) is 27.4 Å². The Bertz CT molecular complexity index is 824. The normalized spacial score (nSPS) is 11.3. The van der Waals surface area contributed by atoms with Crippen molar-refractivity contribution < 1.29 is 4.79 Å². The molecule has 0 saturated heterocycles. The monoisotopic (exact) mass is 344 g/mol. The minimum absolute atomic E-state index is 0.141. The molecular formula is C16H16N4OS2. The van der Waals surface area contributed by atoms with Crippen molar-refractivity contribution in [3.63, 3.8) is 0 Å². The first kappa shape index (κ1) is 15.8. The second-order valence-electron chi connectivity index (χ2n) is 4.72. The molecule has 5 nitrogen and oxygen atoms in total. The molecule has 118 valence electrons. The molecule has 1 amide bonds. The number of imidazole rings is 1. The number of aryl methyl sites for hydroxylation is 1. The van der Waals surface area contributed by atoms with E-state index in [4.69, 9.17) is 0 Å². The summed E-state index contributed by atoms with van der Waals surface area (Å²) in [6.07, 6.45) is 1.65. The fourth-order valence-electron chi connectivity index (χ4n) is 2.16. The SMILES string of the molecule is CCn1c(SCC(=O)N/N=C\c2cccs2)nc2ccccc21. The highest BCUT2D eigenvalue weighted by atomic mass is 32.2. The molecule has 0 aliphatic rings. The molecule has 0 saturated carbocycles. The summed E-state index contributed by atoms with van der Waals surface area (Å²) in [5, 5.41) is 6.78. The van der Waals surface area contributed by atoms with Crippen molar-refractivity contribution in [2.75, 3.05) is 5.75 Å². The lowest BCUT2D eigenvalue weighted by Gasteiger charge is -2.04. The van der Waals surface area contributed by atoms with Crippen LogP contribution in [0.25, 0.3) is 11.0 Å². The van der Waals surface area contributed by atoms with Crippen LogP contribution in [0.15, 0.2) is 52.0 Å². The maximum Gasteiger partial charge on any atom is 0.250 e. The predicted octanol–water partition coefficient (Wildman–Crippen LogP) is 3.36. The molecule has 3 rings (SSSR count). The molecule has 0 radical (unpaired) electrons. The van der Waals surface area contributed by atoms with E-state index in [1.807, 2.05) is 41.8 Å². The first-order valence-electron chi connectivity index (χ1n) is 7.21. The topological polar surface area (TPSA) is 59.3 Å². The van der Waals surface area contributed by atoms with Crippen molar-refractivity contribution >= 4 is 46.3 Å². The number of thioether (sulfide) groups is 1. The molecule has 0 aliphatic heterocycles. The number of para-hydroxylation sites is 2. The Morgan fingerprint density at radius 2 is 2.26 bits per heavy atom. The number of hydrazone groups is 1. The molecule has 0 unspecified atom stereocenters. The van der Waals surface area contributed by atoms with Crippen molar-refractivity contribution in [3.8, 4) is 0 Å². The van der Waals surface area contributed by atoms with Gasteiger partial charge in [0.25, 0.3) is 5.91 Å². The van der Waals surface area contributed by atoms with E-state index in [-0.39, 0.29) is 11.7 Å². The number of carbonyl (C=O) groups excluding carboxylic acids is 1. The molecule has 0 aliphatic carbocycles. The van der Waals surface area contributed by atoms with Gasteiger partial charge in [-0.05, 0) is 30.5 Å². The van der Waals surface area contributed by atoms with Crippen molar-refractivity contribution in [1.29, 1.82) is 0 Å². The third-order valence-electron chi connectivity index (χ3n) is 3.19. The van der Waals surface area contributed by atoms with Crippen LogP contribution in [-0.2, 0) is 11.3 Å². The standard InChI is InChI=1S/C16H16N4OS2/c1-2-20-14-8-4-3-7-13(14)18-16(20)23-11-15(21)19-17-10-12-6-5-9-22-12/h3-10H,2,11H2,1H3,(H,19,21)/b17-10-. The second kappa shape index (κ2) is 7.43. The number of amides is 1. The highest BCUT2D eigenvalue weighted by molar-refractivity contribution is 7.99. The Kier molecular flexibility index (Phi) is 5.09. The Hall–Kier alpha value is -2.12. The van der Waals surface area contributed by atoms with Crippen LogP contribution in [0.1, 0.15) is 11.8 Å². The minimum Gasteiger partial charge on any atom is -0.319 e. The van der Waals surface area contributed by atoms with Crippen LogP contribution in [0, 0.1) is 0 Å². The summed E-state index contributed by atoms with van der Waals surface area (Å²) in [7, 11) is 0. The van der Waals surface area contributed by atoms with Crippen molar-refractivity contribution in [1.82, 2.24) is 15.0 Å². The highest BCUT2D eigenvalue weighted by Crippen LogP contribution is 2.23. The summed E-state index contributed by atoms with van der Waals surface area (Å²) >= 11 is 2.99. The van der Waals surface area contributed by atoms with E-state index in [2.05, 4.69) is 27.0 Å². The molecule has 0 bridgehead atoms. The first-order valence-corrected chi connectivity index (χ1v) is 9.08. The zero-order valence-corrected chi connectivity index (χ0v) is 14.2. The molecule has 7 heteroatoms. The highest BCUT2D eigenvalue weighted by Gasteiger charge is 2.11. The van der Waals surface area contributed by atoms with Gasteiger partial charge in [-0.2, -0.15) is 5.10 Å². The van der Waals surface area contributed by atoms with Crippen molar-refractivity contribution in [2.45, 2.75) is 18.6 Å². The number of nitrogens with one attached hydrogen (secondary N) is 1. The third kappa shape index (κ3) is 3.80. The maximum atomic E-state index is 11.9. The van der Waals surface area contributed by atoms with Gasteiger partial charge in [-0.1, -0.05) is 30.0 Å². The summed E-state index contributed by atoms with van der Waals surface area (Å²) in [4.78, 5) is 17.5. The molecular weight excluding hydrogens is 328 g/mol.